The maximum atomic E-state index is 11.8. The Morgan fingerprint density at radius 2 is 1.68 bits per heavy atom. The van der Waals surface area contributed by atoms with E-state index < -0.39 is 0 Å². The van der Waals surface area contributed by atoms with E-state index in [-0.39, 0.29) is 5.91 Å². The zero-order valence-electron chi connectivity index (χ0n) is 13.0. The first kappa shape index (κ1) is 16.1. The molecule has 0 saturated carbocycles. The van der Waals surface area contributed by atoms with E-state index in [1.54, 1.807) is 0 Å². The molecule has 3 heteroatoms. The Balaban J connectivity index is 1.60. The Kier molecular flexibility index (Phi) is 6.49. The highest BCUT2D eigenvalue weighted by Gasteiger charge is 2.07. The van der Waals surface area contributed by atoms with Crippen LogP contribution in [0.25, 0.3) is 0 Å². The standard InChI is InChI=1S/C19H23NO2/c1-16(17-9-4-2-5-10-17)15-20-19(21)13-8-14-22-18-11-6-3-7-12-18/h2-7,9-12,16H,8,13-15H2,1H3,(H,20,21)/t16-/m1/s1. The van der Waals surface area contributed by atoms with Crippen molar-refractivity contribution in [3.63, 3.8) is 0 Å². The van der Waals surface area contributed by atoms with E-state index in [9.17, 15) is 4.79 Å². The smallest absolute Gasteiger partial charge is 0.220 e. The van der Waals surface area contributed by atoms with Crippen LogP contribution in [0.4, 0.5) is 0 Å². The largest absolute Gasteiger partial charge is 0.494 e. The van der Waals surface area contributed by atoms with Gasteiger partial charge in [0, 0.05) is 13.0 Å². The van der Waals surface area contributed by atoms with Gasteiger partial charge in [-0.25, -0.2) is 0 Å². The lowest BCUT2D eigenvalue weighted by atomic mass is 10.0. The lowest BCUT2D eigenvalue weighted by Crippen LogP contribution is -2.27. The van der Waals surface area contributed by atoms with Crippen LogP contribution < -0.4 is 10.1 Å². The van der Waals surface area contributed by atoms with Crippen LogP contribution in [0.15, 0.2) is 60.7 Å². The second-order valence-electron chi connectivity index (χ2n) is 5.38. The van der Waals surface area contributed by atoms with E-state index in [2.05, 4.69) is 24.4 Å². The van der Waals surface area contributed by atoms with Crippen molar-refractivity contribution < 1.29 is 9.53 Å². The van der Waals surface area contributed by atoms with Crippen molar-refractivity contribution >= 4 is 5.91 Å². The molecule has 0 aliphatic carbocycles. The number of hydrogen-bond acceptors (Lipinski definition) is 2. The number of carbonyl (C=O) groups is 1. The van der Waals surface area contributed by atoms with Crippen LogP contribution in [0.5, 0.6) is 5.75 Å². The van der Waals surface area contributed by atoms with Gasteiger partial charge in [-0.2, -0.15) is 0 Å². The Hall–Kier alpha value is -2.29. The molecule has 0 spiro atoms. The Morgan fingerprint density at radius 3 is 2.36 bits per heavy atom. The predicted molar refractivity (Wildman–Crippen MR) is 89.0 cm³/mol. The van der Waals surface area contributed by atoms with Crippen LogP contribution in [0.2, 0.25) is 0 Å². The first-order chi connectivity index (χ1) is 10.8. The minimum atomic E-state index is 0.0828. The van der Waals surface area contributed by atoms with Crippen LogP contribution in [0.1, 0.15) is 31.2 Å². The highest BCUT2D eigenvalue weighted by molar-refractivity contribution is 5.75. The summed E-state index contributed by atoms with van der Waals surface area (Å²) in [6.45, 7) is 3.35. The van der Waals surface area contributed by atoms with Crippen molar-refractivity contribution in [3.8, 4) is 5.75 Å². The van der Waals surface area contributed by atoms with Gasteiger partial charge in [0.25, 0.3) is 0 Å². The number of para-hydroxylation sites is 1. The molecule has 2 aromatic rings. The summed E-state index contributed by atoms with van der Waals surface area (Å²) in [4.78, 5) is 11.8. The van der Waals surface area contributed by atoms with Crippen LogP contribution in [-0.4, -0.2) is 19.1 Å². The fourth-order valence-corrected chi connectivity index (χ4v) is 2.19. The van der Waals surface area contributed by atoms with Crippen LogP contribution in [0.3, 0.4) is 0 Å². The van der Waals surface area contributed by atoms with Gasteiger partial charge in [0.2, 0.25) is 5.91 Å². The molecule has 0 aliphatic rings. The summed E-state index contributed by atoms with van der Waals surface area (Å²) in [5.74, 6) is 1.26. The van der Waals surface area contributed by atoms with Gasteiger partial charge >= 0.3 is 0 Å². The lowest BCUT2D eigenvalue weighted by molar-refractivity contribution is -0.121. The van der Waals surface area contributed by atoms with E-state index >= 15 is 0 Å². The molecule has 1 amide bonds. The maximum Gasteiger partial charge on any atom is 0.220 e. The van der Waals surface area contributed by atoms with Crippen molar-refractivity contribution in [3.05, 3.63) is 66.2 Å². The first-order valence-corrected chi connectivity index (χ1v) is 7.75. The van der Waals surface area contributed by atoms with E-state index in [1.165, 1.54) is 5.56 Å². The summed E-state index contributed by atoms with van der Waals surface area (Å²) >= 11 is 0. The van der Waals surface area contributed by atoms with Gasteiger partial charge in [0.1, 0.15) is 5.75 Å². The van der Waals surface area contributed by atoms with E-state index in [0.717, 1.165) is 12.2 Å². The third kappa shape index (κ3) is 5.60. The average Bonchev–Trinajstić information content (AvgIpc) is 2.58. The molecule has 0 saturated heterocycles. The lowest BCUT2D eigenvalue weighted by Gasteiger charge is -2.13. The zero-order valence-corrected chi connectivity index (χ0v) is 13.0. The van der Waals surface area contributed by atoms with Crippen molar-refractivity contribution in [2.45, 2.75) is 25.7 Å². The molecule has 0 unspecified atom stereocenters. The molecule has 1 N–H and O–H groups in total. The molecular weight excluding hydrogens is 274 g/mol. The minimum Gasteiger partial charge on any atom is -0.494 e. The number of ether oxygens (including phenoxy) is 1. The molecule has 116 valence electrons. The fourth-order valence-electron chi connectivity index (χ4n) is 2.19. The highest BCUT2D eigenvalue weighted by Crippen LogP contribution is 2.13. The molecule has 0 aliphatic heterocycles. The maximum absolute atomic E-state index is 11.8. The molecule has 1 atom stereocenters. The number of benzene rings is 2. The summed E-state index contributed by atoms with van der Waals surface area (Å²) in [6, 6.07) is 19.9. The van der Waals surface area contributed by atoms with Gasteiger partial charge in [0.15, 0.2) is 0 Å². The number of hydrogen-bond donors (Lipinski definition) is 1. The Morgan fingerprint density at radius 1 is 1.05 bits per heavy atom. The number of amides is 1. The van der Waals surface area contributed by atoms with Crippen LogP contribution in [0, 0.1) is 0 Å². The molecular formula is C19H23NO2. The van der Waals surface area contributed by atoms with Gasteiger partial charge in [-0.15, -0.1) is 0 Å². The van der Waals surface area contributed by atoms with Gasteiger partial charge in [0.05, 0.1) is 6.61 Å². The molecule has 0 radical (unpaired) electrons. The van der Waals surface area contributed by atoms with E-state index in [4.69, 9.17) is 4.74 Å². The molecule has 0 heterocycles. The first-order valence-electron chi connectivity index (χ1n) is 7.75. The summed E-state index contributed by atoms with van der Waals surface area (Å²) in [6.07, 6.45) is 1.22. The van der Waals surface area contributed by atoms with Gasteiger partial charge in [-0.1, -0.05) is 55.5 Å². The molecule has 2 aromatic carbocycles. The van der Waals surface area contributed by atoms with Crippen molar-refractivity contribution in [2.24, 2.45) is 0 Å². The minimum absolute atomic E-state index is 0.0828. The van der Waals surface area contributed by atoms with E-state index in [1.807, 2.05) is 48.5 Å². The second kappa shape index (κ2) is 8.88. The van der Waals surface area contributed by atoms with Crippen LogP contribution in [-0.2, 0) is 4.79 Å². The molecule has 2 rings (SSSR count). The quantitative estimate of drug-likeness (QED) is 0.753. The van der Waals surface area contributed by atoms with E-state index in [0.29, 0.717) is 25.5 Å². The highest BCUT2D eigenvalue weighted by atomic mass is 16.5. The SMILES string of the molecule is C[C@H](CNC(=O)CCCOc1ccccc1)c1ccccc1. The van der Waals surface area contributed by atoms with Crippen molar-refractivity contribution in [1.82, 2.24) is 5.32 Å². The van der Waals surface area contributed by atoms with Gasteiger partial charge in [-0.05, 0) is 30.0 Å². The molecule has 22 heavy (non-hydrogen) atoms. The molecule has 0 bridgehead atoms. The topological polar surface area (TPSA) is 38.3 Å². The second-order valence-corrected chi connectivity index (χ2v) is 5.38. The summed E-state index contributed by atoms with van der Waals surface area (Å²) in [7, 11) is 0. The molecule has 3 nitrogen and oxygen atoms in total. The average molecular weight is 297 g/mol. The number of rotatable bonds is 8. The van der Waals surface area contributed by atoms with Gasteiger partial charge < -0.3 is 10.1 Å². The Bertz CT molecular complexity index is 554. The fraction of sp³-hybridized carbons (Fsp3) is 0.316. The zero-order chi connectivity index (χ0) is 15.6. The summed E-state index contributed by atoms with van der Waals surface area (Å²) in [5, 5.41) is 2.99. The molecule has 0 aromatic heterocycles. The van der Waals surface area contributed by atoms with Crippen molar-refractivity contribution in [1.29, 1.82) is 0 Å². The Labute approximate surface area is 132 Å². The third-order valence-corrected chi connectivity index (χ3v) is 3.53. The summed E-state index contributed by atoms with van der Waals surface area (Å²) < 4.78 is 5.57. The monoisotopic (exact) mass is 297 g/mol. The summed E-state index contributed by atoms with van der Waals surface area (Å²) in [5.41, 5.74) is 1.25. The van der Waals surface area contributed by atoms with Crippen LogP contribution >= 0.6 is 0 Å². The predicted octanol–water partition coefficient (Wildman–Crippen LogP) is 3.77. The number of nitrogens with one attached hydrogen (secondary N) is 1. The third-order valence-electron chi connectivity index (χ3n) is 3.53. The molecule has 0 fully saturated rings. The van der Waals surface area contributed by atoms with Crippen molar-refractivity contribution in [2.75, 3.05) is 13.2 Å². The van der Waals surface area contributed by atoms with Gasteiger partial charge in [-0.3, -0.25) is 4.79 Å². The normalized spacial score (nSPS) is 11.7. The number of carbonyl (C=O) groups excluding carboxylic acids is 1.